The van der Waals surface area contributed by atoms with Crippen LogP contribution in [0.25, 0.3) is 0 Å². The fourth-order valence-electron chi connectivity index (χ4n) is 1.48. The number of anilines is 1. The van der Waals surface area contributed by atoms with Gasteiger partial charge in [-0.1, -0.05) is 17.7 Å². The third-order valence-electron chi connectivity index (χ3n) is 2.42. The normalized spacial score (nSPS) is 9.80. The molecular formula is C11H6ClN5O3. The molecule has 0 fully saturated rings. The van der Waals surface area contributed by atoms with Gasteiger partial charge >= 0.3 is 0 Å². The Morgan fingerprint density at radius 3 is 2.95 bits per heavy atom. The summed E-state index contributed by atoms with van der Waals surface area (Å²) >= 11 is 5.82. The number of halogens is 1. The van der Waals surface area contributed by atoms with Crippen molar-refractivity contribution in [2.45, 2.75) is 0 Å². The molecule has 0 saturated carbocycles. The molecule has 2 aromatic rings. The Morgan fingerprint density at radius 1 is 1.55 bits per heavy atom. The molecule has 0 atom stereocenters. The third kappa shape index (κ3) is 2.43. The average molecular weight is 292 g/mol. The fraction of sp³-hybridized carbons (Fsp3) is 0. The second kappa shape index (κ2) is 5.38. The zero-order valence-electron chi connectivity index (χ0n) is 9.75. The number of nitrogens with one attached hydrogen (secondary N) is 2. The predicted molar refractivity (Wildman–Crippen MR) is 69.4 cm³/mol. The van der Waals surface area contributed by atoms with Gasteiger partial charge < -0.3 is 5.32 Å². The summed E-state index contributed by atoms with van der Waals surface area (Å²) in [7, 11) is 0. The van der Waals surface area contributed by atoms with Gasteiger partial charge in [0.25, 0.3) is 11.6 Å². The van der Waals surface area contributed by atoms with Crippen LogP contribution in [0.15, 0.2) is 24.4 Å². The summed E-state index contributed by atoms with van der Waals surface area (Å²) in [5, 5.41) is 27.7. The van der Waals surface area contributed by atoms with E-state index in [0.29, 0.717) is 0 Å². The minimum absolute atomic E-state index is 0.0700. The smallest absolute Gasteiger partial charge is 0.288 e. The predicted octanol–water partition coefficient (Wildman–Crippen LogP) is 2.10. The summed E-state index contributed by atoms with van der Waals surface area (Å²) in [5.41, 5.74) is -0.302. The first-order valence-corrected chi connectivity index (χ1v) is 5.60. The maximum atomic E-state index is 12.0. The number of nitrogens with zero attached hydrogens (tertiary/aromatic N) is 3. The minimum atomic E-state index is -0.685. The van der Waals surface area contributed by atoms with Gasteiger partial charge in [-0.05, 0) is 6.07 Å². The van der Waals surface area contributed by atoms with Gasteiger partial charge in [-0.2, -0.15) is 10.4 Å². The number of hydrogen-bond donors (Lipinski definition) is 2. The molecule has 1 heterocycles. The lowest BCUT2D eigenvalue weighted by Gasteiger charge is -2.05. The van der Waals surface area contributed by atoms with Crippen LogP contribution < -0.4 is 5.32 Å². The lowest BCUT2D eigenvalue weighted by atomic mass is 10.2. The molecule has 0 aliphatic heterocycles. The molecular weight excluding hydrogens is 286 g/mol. The summed E-state index contributed by atoms with van der Waals surface area (Å²) < 4.78 is 0. The Kier molecular flexibility index (Phi) is 3.63. The van der Waals surface area contributed by atoms with Gasteiger partial charge in [-0.15, -0.1) is 0 Å². The van der Waals surface area contributed by atoms with E-state index in [2.05, 4.69) is 15.5 Å². The number of amides is 1. The molecule has 9 heteroatoms. The summed E-state index contributed by atoms with van der Waals surface area (Å²) in [6.07, 6.45) is 1.24. The van der Waals surface area contributed by atoms with Crippen LogP contribution in [0.3, 0.4) is 0 Å². The number of H-pyrrole nitrogens is 1. The maximum absolute atomic E-state index is 12.0. The topological polar surface area (TPSA) is 125 Å². The second-order valence-corrected chi connectivity index (χ2v) is 4.00. The Labute approximate surface area is 117 Å². The van der Waals surface area contributed by atoms with E-state index in [1.807, 2.05) is 6.07 Å². The minimum Gasteiger partial charge on any atom is -0.306 e. The van der Waals surface area contributed by atoms with Crippen LogP contribution >= 0.6 is 11.6 Å². The van der Waals surface area contributed by atoms with E-state index in [0.717, 1.165) is 0 Å². The molecule has 2 N–H and O–H groups in total. The van der Waals surface area contributed by atoms with Crippen LogP contribution in [0, 0.1) is 21.4 Å². The Bertz CT molecular complexity index is 734. The number of aromatic amines is 1. The van der Waals surface area contributed by atoms with Crippen molar-refractivity contribution < 1.29 is 9.72 Å². The zero-order chi connectivity index (χ0) is 14.7. The van der Waals surface area contributed by atoms with Gasteiger partial charge in [-0.3, -0.25) is 20.0 Å². The molecule has 2 rings (SSSR count). The van der Waals surface area contributed by atoms with Crippen LogP contribution in [0.4, 0.5) is 11.5 Å². The number of carbonyl (C=O) groups is 1. The molecule has 20 heavy (non-hydrogen) atoms. The summed E-state index contributed by atoms with van der Waals surface area (Å²) in [4.78, 5) is 22.1. The second-order valence-electron chi connectivity index (χ2n) is 3.62. The van der Waals surface area contributed by atoms with Crippen molar-refractivity contribution in [3.05, 3.63) is 50.7 Å². The molecule has 1 aromatic carbocycles. The number of hydrogen-bond acceptors (Lipinski definition) is 5. The number of carbonyl (C=O) groups excluding carboxylic acids is 1. The maximum Gasteiger partial charge on any atom is 0.288 e. The average Bonchev–Trinajstić information content (AvgIpc) is 2.85. The van der Waals surface area contributed by atoms with Crippen LogP contribution in [0.1, 0.15) is 15.9 Å². The Balaban J connectivity index is 2.33. The number of nitro groups is 1. The van der Waals surface area contributed by atoms with E-state index >= 15 is 0 Å². The molecule has 0 radical (unpaired) electrons. The van der Waals surface area contributed by atoms with Crippen molar-refractivity contribution >= 4 is 29.0 Å². The number of aromatic nitrogens is 2. The molecule has 1 aromatic heterocycles. The molecule has 0 unspecified atom stereocenters. The van der Waals surface area contributed by atoms with Gasteiger partial charge in [0.1, 0.15) is 22.5 Å². The summed E-state index contributed by atoms with van der Waals surface area (Å²) in [6, 6.07) is 5.70. The van der Waals surface area contributed by atoms with Gasteiger partial charge in [-0.25, -0.2) is 0 Å². The van der Waals surface area contributed by atoms with E-state index in [1.54, 1.807) is 0 Å². The van der Waals surface area contributed by atoms with E-state index in [-0.39, 0.29) is 27.7 Å². The van der Waals surface area contributed by atoms with Crippen molar-refractivity contribution in [3.8, 4) is 6.07 Å². The number of nitro benzene ring substituents is 1. The molecule has 0 aliphatic rings. The molecule has 0 bridgehead atoms. The highest BCUT2D eigenvalue weighted by atomic mass is 35.5. The van der Waals surface area contributed by atoms with Crippen LogP contribution in [0.5, 0.6) is 0 Å². The largest absolute Gasteiger partial charge is 0.306 e. The molecule has 8 nitrogen and oxygen atoms in total. The highest BCUT2D eigenvalue weighted by Gasteiger charge is 2.20. The highest BCUT2D eigenvalue weighted by molar-refractivity contribution is 6.36. The standard InChI is InChI=1S/C11H6ClN5O3/c12-9-7(2-1-3-8(9)17(19)20)11(18)15-10-6(4-13)5-14-16-10/h1-3,5H,(H2,14,15,16,18). The first-order chi connectivity index (χ1) is 9.54. The number of rotatable bonds is 3. The van der Waals surface area contributed by atoms with Crippen LogP contribution in [0.2, 0.25) is 5.02 Å². The van der Waals surface area contributed by atoms with Crippen LogP contribution in [-0.4, -0.2) is 21.0 Å². The quantitative estimate of drug-likeness (QED) is 0.661. The van der Waals surface area contributed by atoms with Crippen molar-refractivity contribution in [1.29, 1.82) is 5.26 Å². The molecule has 0 saturated heterocycles. The molecule has 1 amide bonds. The van der Waals surface area contributed by atoms with E-state index in [1.165, 1.54) is 24.4 Å². The number of nitriles is 1. The zero-order valence-corrected chi connectivity index (χ0v) is 10.5. The van der Waals surface area contributed by atoms with Gasteiger partial charge in [0.05, 0.1) is 16.7 Å². The SMILES string of the molecule is N#Cc1cn[nH]c1NC(=O)c1cccc([N+](=O)[O-])c1Cl. The van der Waals surface area contributed by atoms with Crippen molar-refractivity contribution in [1.82, 2.24) is 10.2 Å². The Hall–Kier alpha value is -2.92. The highest BCUT2D eigenvalue weighted by Crippen LogP contribution is 2.28. The van der Waals surface area contributed by atoms with Crippen LogP contribution in [-0.2, 0) is 0 Å². The third-order valence-corrected chi connectivity index (χ3v) is 2.82. The van der Waals surface area contributed by atoms with Crippen molar-refractivity contribution in [3.63, 3.8) is 0 Å². The fourth-order valence-corrected chi connectivity index (χ4v) is 1.76. The summed E-state index contributed by atoms with van der Waals surface area (Å²) in [5.74, 6) is -0.584. The number of benzene rings is 1. The lowest BCUT2D eigenvalue weighted by Crippen LogP contribution is -2.14. The molecule has 100 valence electrons. The van der Waals surface area contributed by atoms with Gasteiger partial charge in [0, 0.05) is 6.07 Å². The van der Waals surface area contributed by atoms with Gasteiger partial charge in [0.2, 0.25) is 0 Å². The van der Waals surface area contributed by atoms with E-state index in [4.69, 9.17) is 16.9 Å². The monoisotopic (exact) mass is 291 g/mol. The van der Waals surface area contributed by atoms with Crippen molar-refractivity contribution in [2.24, 2.45) is 0 Å². The first-order valence-electron chi connectivity index (χ1n) is 5.22. The van der Waals surface area contributed by atoms with Gasteiger partial charge in [0.15, 0.2) is 0 Å². The molecule has 0 aliphatic carbocycles. The Morgan fingerprint density at radius 2 is 2.30 bits per heavy atom. The molecule has 0 spiro atoms. The summed E-state index contributed by atoms with van der Waals surface area (Å²) in [6.45, 7) is 0. The lowest BCUT2D eigenvalue weighted by molar-refractivity contribution is -0.384. The van der Waals surface area contributed by atoms with Crippen molar-refractivity contribution in [2.75, 3.05) is 5.32 Å². The first kappa shape index (κ1) is 13.5. The van der Waals surface area contributed by atoms with E-state index < -0.39 is 10.8 Å². The van der Waals surface area contributed by atoms with E-state index in [9.17, 15) is 14.9 Å².